The Hall–Kier alpha value is -2.93. The van der Waals surface area contributed by atoms with Crippen LogP contribution >= 0.6 is 0 Å². The van der Waals surface area contributed by atoms with Gasteiger partial charge in [0.15, 0.2) is 6.61 Å². The molecule has 0 heterocycles. The molecule has 2 aromatic carbocycles. The third kappa shape index (κ3) is 6.84. The lowest BCUT2D eigenvalue weighted by atomic mass is 10.1. The van der Waals surface area contributed by atoms with Gasteiger partial charge in [0.05, 0.1) is 12.6 Å². The van der Waals surface area contributed by atoms with Gasteiger partial charge in [-0.05, 0) is 30.5 Å². The fraction of sp³-hybridized carbons (Fsp3) is 0.391. The highest BCUT2D eigenvalue weighted by molar-refractivity contribution is 5.97. The standard InChI is InChI=1S/C23H29FN2O4/c1-3-4-13-26(2)23(29)22-19(24)11-8-12-20(22)30-16-21(28)25-18(15-27)14-17-9-6-5-7-10-17/h5-12,18,27H,3-4,13-16H2,1-2H3,(H,25,28)/t18-/m0/s1. The van der Waals surface area contributed by atoms with Gasteiger partial charge in [0, 0.05) is 13.6 Å². The number of hydrogen-bond acceptors (Lipinski definition) is 4. The molecular formula is C23H29FN2O4. The summed E-state index contributed by atoms with van der Waals surface area (Å²) in [5.74, 6) is -1.64. The lowest BCUT2D eigenvalue weighted by molar-refractivity contribution is -0.124. The maximum absolute atomic E-state index is 14.4. The van der Waals surface area contributed by atoms with E-state index in [0.717, 1.165) is 18.4 Å². The average molecular weight is 416 g/mol. The van der Waals surface area contributed by atoms with Crippen LogP contribution in [0.25, 0.3) is 0 Å². The molecule has 0 saturated heterocycles. The fourth-order valence-corrected chi connectivity index (χ4v) is 2.99. The molecule has 30 heavy (non-hydrogen) atoms. The summed E-state index contributed by atoms with van der Waals surface area (Å²) in [6.45, 7) is 1.88. The van der Waals surface area contributed by atoms with Crippen LogP contribution in [0, 0.1) is 5.82 Å². The minimum absolute atomic E-state index is 0.0158. The van der Waals surface area contributed by atoms with E-state index in [-0.39, 0.29) is 17.9 Å². The normalized spacial score (nSPS) is 11.6. The van der Waals surface area contributed by atoms with Crippen LogP contribution in [-0.4, -0.2) is 54.7 Å². The first kappa shape index (κ1) is 23.3. The zero-order valence-electron chi connectivity index (χ0n) is 17.4. The van der Waals surface area contributed by atoms with E-state index in [4.69, 9.17) is 4.74 Å². The van der Waals surface area contributed by atoms with Crippen molar-refractivity contribution in [1.29, 1.82) is 0 Å². The molecule has 6 nitrogen and oxygen atoms in total. The predicted molar refractivity (Wildman–Crippen MR) is 113 cm³/mol. The molecule has 2 aromatic rings. The smallest absolute Gasteiger partial charge is 0.260 e. The Bertz CT molecular complexity index is 829. The number of halogens is 1. The molecule has 0 saturated carbocycles. The van der Waals surface area contributed by atoms with Gasteiger partial charge in [-0.1, -0.05) is 49.7 Å². The van der Waals surface area contributed by atoms with Crippen molar-refractivity contribution in [2.45, 2.75) is 32.2 Å². The van der Waals surface area contributed by atoms with Gasteiger partial charge in [-0.15, -0.1) is 0 Å². The van der Waals surface area contributed by atoms with E-state index in [0.29, 0.717) is 13.0 Å². The van der Waals surface area contributed by atoms with Crippen LogP contribution in [0.1, 0.15) is 35.7 Å². The highest BCUT2D eigenvalue weighted by atomic mass is 19.1. The largest absolute Gasteiger partial charge is 0.483 e. The molecule has 7 heteroatoms. The van der Waals surface area contributed by atoms with Crippen LogP contribution in [0.2, 0.25) is 0 Å². The molecule has 0 spiro atoms. The van der Waals surface area contributed by atoms with E-state index >= 15 is 0 Å². The number of carbonyl (C=O) groups is 2. The van der Waals surface area contributed by atoms with E-state index in [1.54, 1.807) is 7.05 Å². The van der Waals surface area contributed by atoms with E-state index in [9.17, 15) is 19.1 Å². The molecule has 1 atom stereocenters. The average Bonchev–Trinajstić information content (AvgIpc) is 2.75. The van der Waals surface area contributed by atoms with Crippen LogP contribution in [0.3, 0.4) is 0 Å². The van der Waals surface area contributed by atoms with Crippen molar-refractivity contribution in [3.63, 3.8) is 0 Å². The second kappa shape index (κ2) is 11.9. The number of nitrogens with one attached hydrogen (secondary N) is 1. The van der Waals surface area contributed by atoms with Crippen LogP contribution in [0.4, 0.5) is 4.39 Å². The summed E-state index contributed by atoms with van der Waals surface area (Å²) in [5.41, 5.74) is 0.790. The summed E-state index contributed by atoms with van der Waals surface area (Å²) in [6, 6.07) is 13.1. The quantitative estimate of drug-likeness (QED) is 0.590. The van der Waals surface area contributed by atoms with Gasteiger partial charge >= 0.3 is 0 Å². The minimum Gasteiger partial charge on any atom is -0.483 e. The molecule has 162 valence electrons. The SMILES string of the molecule is CCCCN(C)C(=O)c1c(F)cccc1OCC(=O)N[C@H](CO)Cc1ccccc1. The molecule has 2 N–H and O–H groups in total. The highest BCUT2D eigenvalue weighted by Gasteiger charge is 2.22. The van der Waals surface area contributed by atoms with Crippen molar-refractivity contribution in [2.24, 2.45) is 0 Å². The Morgan fingerprint density at radius 2 is 1.90 bits per heavy atom. The molecular weight excluding hydrogens is 387 g/mol. The Morgan fingerprint density at radius 1 is 1.17 bits per heavy atom. The number of hydrogen-bond donors (Lipinski definition) is 2. The van der Waals surface area contributed by atoms with Gasteiger partial charge in [-0.25, -0.2) is 4.39 Å². The number of carbonyl (C=O) groups excluding carboxylic acids is 2. The molecule has 0 aliphatic rings. The summed E-state index contributed by atoms with van der Waals surface area (Å²) < 4.78 is 19.8. The predicted octanol–water partition coefficient (Wildman–Crippen LogP) is 2.80. The van der Waals surface area contributed by atoms with Crippen molar-refractivity contribution in [1.82, 2.24) is 10.2 Å². The van der Waals surface area contributed by atoms with E-state index in [1.807, 2.05) is 37.3 Å². The number of aliphatic hydroxyl groups is 1. The Kier molecular flexibility index (Phi) is 9.28. The van der Waals surface area contributed by atoms with Crippen molar-refractivity contribution in [2.75, 3.05) is 26.8 Å². The minimum atomic E-state index is -0.696. The van der Waals surface area contributed by atoms with Gasteiger partial charge in [0.1, 0.15) is 17.1 Å². The molecule has 0 bridgehead atoms. The van der Waals surface area contributed by atoms with Gasteiger partial charge in [0.25, 0.3) is 11.8 Å². The topological polar surface area (TPSA) is 78.9 Å². The highest BCUT2D eigenvalue weighted by Crippen LogP contribution is 2.23. The first-order valence-corrected chi connectivity index (χ1v) is 10.1. The van der Waals surface area contributed by atoms with Gasteiger partial charge in [-0.3, -0.25) is 9.59 Å². The first-order chi connectivity index (χ1) is 14.5. The number of amides is 2. The van der Waals surface area contributed by atoms with Crippen LogP contribution in [0.15, 0.2) is 48.5 Å². The first-order valence-electron chi connectivity index (χ1n) is 10.1. The number of unbranched alkanes of at least 4 members (excludes halogenated alkanes) is 1. The third-order valence-corrected chi connectivity index (χ3v) is 4.65. The van der Waals surface area contributed by atoms with Crippen molar-refractivity contribution >= 4 is 11.8 Å². The van der Waals surface area contributed by atoms with Gasteiger partial charge in [0.2, 0.25) is 0 Å². The van der Waals surface area contributed by atoms with Crippen LogP contribution in [-0.2, 0) is 11.2 Å². The monoisotopic (exact) mass is 416 g/mol. The van der Waals surface area contributed by atoms with Crippen LogP contribution < -0.4 is 10.1 Å². The zero-order chi connectivity index (χ0) is 21.9. The maximum Gasteiger partial charge on any atom is 0.260 e. The van der Waals surface area contributed by atoms with E-state index in [2.05, 4.69) is 5.32 Å². The molecule has 2 amide bonds. The number of nitrogens with zero attached hydrogens (tertiary/aromatic N) is 1. The number of ether oxygens (including phenoxy) is 1. The molecule has 0 aromatic heterocycles. The van der Waals surface area contributed by atoms with Crippen molar-refractivity contribution < 1.29 is 23.8 Å². The molecule has 0 fully saturated rings. The number of aliphatic hydroxyl groups excluding tert-OH is 1. The molecule has 0 aliphatic heterocycles. The van der Waals surface area contributed by atoms with E-state index < -0.39 is 30.3 Å². The molecule has 0 aliphatic carbocycles. The summed E-state index contributed by atoms with van der Waals surface area (Å²) in [4.78, 5) is 26.4. The lowest BCUT2D eigenvalue weighted by Crippen LogP contribution is -2.41. The second-order valence-corrected chi connectivity index (χ2v) is 7.12. The van der Waals surface area contributed by atoms with Gasteiger partial charge < -0.3 is 20.1 Å². The van der Waals surface area contributed by atoms with Crippen LogP contribution in [0.5, 0.6) is 5.75 Å². The van der Waals surface area contributed by atoms with Crippen molar-refractivity contribution in [3.8, 4) is 5.75 Å². The Labute approximate surface area is 176 Å². The summed E-state index contributed by atoms with van der Waals surface area (Å²) in [7, 11) is 1.61. The second-order valence-electron chi connectivity index (χ2n) is 7.12. The Morgan fingerprint density at radius 3 is 2.57 bits per heavy atom. The summed E-state index contributed by atoms with van der Waals surface area (Å²) in [6.07, 6.45) is 2.18. The lowest BCUT2D eigenvalue weighted by Gasteiger charge is -2.20. The summed E-state index contributed by atoms with van der Waals surface area (Å²) >= 11 is 0. The molecule has 2 rings (SSSR count). The number of benzene rings is 2. The number of rotatable bonds is 11. The fourth-order valence-electron chi connectivity index (χ4n) is 2.99. The Balaban J connectivity index is 2.00. The summed E-state index contributed by atoms with van der Waals surface area (Å²) in [5, 5.41) is 12.2. The van der Waals surface area contributed by atoms with Crippen molar-refractivity contribution in [3.05, 3.63) is 65.5 Å². The molecule has 0 unspecified atom stereocenters. The maximum atomic E-state index is 14.4. The van der Waals surface area contributed by atoms with Gasteiger partial charge in [-0.2, -0.15) is 0 Å². The molecule has 0 radical (unpaired) electrons. The third-order valence-electron chi connectivity index (χ3n) is 4.65. The zero-order valence-corrected chi connectivity index (χ0v) is 17.4. The van der Waals surface area contributed by atoms with E-state index in [1.165, 1.54) is 23.1 Å².